The highest BCUT2D eigenvalue weighted by Gasteiger charge is 2.34. The van der Waals surface area contributed by atoms with Crippen LogP contribution in [0.15, 0.2) is 0 Å². The van der Waals surface area contributed by atoms with Crippen molar-refractivity contribution in [3.63, 3.8) is 0 Å². The Morgan fingerprint density at radius 2 is 2.19 bits per heavy atom. The van der Waals surface area contributed by atoms with Crippen LogP contribution in [-0.4, -0.2) is 66.8 Å². The molecule has 1 aliphatic heterocycles. The van der Waals surface area contributed by atoms with Gasteiger partial charge in [-0.3, -0.25) is 4.79 Å². The average Bonchev–Trinajstić information content (AvgIpc) is 2.41. The number of carbonyl (C=O) groups excluding carboxylic acids is 1. The number of sulfonamides is 1. The van der Waals surface area contributed by atoms with Crippen molar-refractivity contribution in [3.8, 4) is 0 Å². The molecular formula is C13H26N2O4S2. The van der Waals surface area contributed by atoms with Crippen molar-refractivity contribution in [1.29, 1.82) is 0 Å². The zero-order valence-electron chi connectivity index (χ0n) is 13.0. The van der Waals surface area contributed by atoms with Crippen molar-refractivity contribution in [3.05, 3.63) is 0 Å². The second-order valence-electron chi connectivity index (χ2n) is 5.72. The topological polar surface area (TPSA) is 86.7 Å². The Hall–Kier alpha value is -0.310. The number of thioether (sulfide) groups is 1. The molecule has 1 saturated heterocycles. The summed E-state index contributed by atoms with van der Waals surface area (Å²) in [6.07, 6.45) is 3.76. The van der Waals surface area contributed by atoms with E-state index >= 15 is 0 Å². The van der Waals surface area contributed by atoms with Gasteiger partial charge in [0.1, 0.15) is 6.04 Å². The predicted octanol–water partition coefficient (Wildman–Crippen LogP) is 0.421. The number of carbonyl (C=O) groups is 1. The first kappa shape index (κ1) is 18.7. The van der Waals surface area contributed by atoms with E-state index in [4.69, 9.17) is 0 Å². The van der Waals surface area contributed by atoms with Gasteiger partial charge in [-0.25, -0.2) is 13.1 Å². The lowest BCUT2D eigenvalue weighted by Gasteiger charge is -2.38. The van der Waals surface area contributed by atoms with E-state index in [1.165, 1.54) is 0 Å². The largest absolute Gasteiger partial charge is 0.388 e. The molecule has 124 valence electrons. The minimum absolute atomic E-state index is 0.0479. The summed E-state index contributed by atoms with van der Waals surface area (Å²) < 4.78 is 26.0. The number of nitrogens with zero attached hydrogens (tertiary/aromatic N) is 1. The molecular weight excluding hydrogens is 312 g/mol. The van der Waals surface area contributed by atoms with E-state index < -0.39 is 21.7 Å². The standard InChI is InChI=1S/C13H26N2O4S2/c1-4-21(18,19)14-11(6-9-20-3)12(16)15-8-5-7-13(2,17)10-15/h11,14,17H,4-10H2,1-3H3. The third-order valence-corrected chi connectivity index (χ3v) is 5.64. The Balaban J connectivity index is 2.79. The third-order valence-electron chi connectivity index (χ3n) is 3.60. The molecule has 1 heterocycles. The molecule has 0 aromatic rings. The van der Waals surface area contributed by atoms with Gasteiger partial charge in [0.15, 0.2) is 0 Å². The number of likely N-dealkylation sites (tertiary alicyclic amines) is 1. The minimum Gasteiger partial charge on any atom is -0.388 e. The first-order valence-corrected chi connectivity index (χ1v) is 10.3. The molecule has 6 nitrogen and oxygen atoms in total. The van der Waals surface area contributed by atoms with Crippen LogP contribution in [-0.2, 0) is 14.8 Å². The maximum Gasteiger partial charge on any atom is 0.240 e. The fraction of sp³-hybridized carbons (Fsp3) is 0.923. The molecule has 2 N–H and O–H groups in total. The van der Waals surface area contributed by atoms with Crippen LogP contribution in [0.2, 0.25) is 0 Å². The second-order valence-corrected chi connectivity index (χ2v) is 8.74. The fourth-order valence-electron chi connectivity index (χ4n) is 2.40. The van der Waals surface area contributed by atoms with E-state index in [1.54, 1.807) is 30.5 Å². The van der Waals surface area contributed by atoms with Gasteiger partial charge in [0, 0.05) is 13.1 Å². The first-order valence-electron chi connectivity index (χ1n) is 7.21. The highest BCUT2D eigenvalue weighted by Crippen LogP contribution is 2.21. The van der Waals surface area contributed by atoms with Crippen LogP contribution in [0.4, 0.5) is 0 Å². The number of hydrogen-bond acceptors (Lipinski definition) is 5. The van der Waals surface area contributed by atoms with Crippen molar-refractivity contribution < 1.29 is 18.3 Å². The number of hydrogen-bond donors (Lipinski definition) is 2. The lowest BCUT2D eigenvalue weighted by Crippen LogP contribution is -2.55. The number of β-amino-alcohol motifs (C(OH)–C–C–N with tert-alkyl or cyclic N) is 1. The van der Waals surface area contributed by atoms with Gasteiger partial charge in [-0.15, -0.1) is 0 Å². The van der Waals surface area contributed by atoms with E-state index in [-0.39, 0.29) is 18.2 Å². The Kier molecular flexibility index (Phi) is 6.96. The molecule has 8 heteroatoms. The minimum atomic E-state index is -3.43. The van der Waals surface area contributed by atoms with Crippen LogP contribution in [0.5, 0.6) is 0 Å². The first-order chi connectivity index (χ1) is 9.71. The Morgan fingerprint density at radius 1 is 1.52 bits per heavy atom. The maximum atomic E-state index is 12.6. The molecule has 2 atom stereocenters. The van der Waals surface area contributed by atoms with Gasteiger partial charge >= 0.3 is 0 Å². The SMILES string of the molecule is CCS(=O)(=O)NC(CCSC)C(=O)N1CCCC(C)(O)C1. The number of aliphatic hydroxyl groups is 1. The predicted molar refractivity (Wildman–Crippen MR) is 85.8 cm³/mol. The van der Waals surface area contributed by atoms with Crippen molar-refractivity contribution in [2.45, 2.75) is 44.8 Å². The van der Waals surface area contributed by atoms with Crippen molar-refractivity contribution in [2.24, 2.45) is 0 Å². The Bertz CT molecular complexity index is 451. The average molecular weight is 338 g/mol. The Morgan fingerprint density at radius 3 is 2.71 bits per heavy atom. The molecule has 1 fully saturated rings. The van der Waals surface area contributed by atoms with Crippen molar-refractivity contribution in [2.75, 3.05) is 30.9 Å². The highest BCUT2D eigenvalue weighted by molar-refractivity contribution is 7.98. The smallest absolute Gasteiger partial charge is 0.240 e. The third kappa shape index (κ3) is 6.14. The summed E-state index contributed by atoms with van der Waals surface area (Å²) in [6, 6.07) is -0.740. The molecule has 0 bridgehead atoms. The zero-order valence-corrected chi connectivity index (χ0v) is 14.6. The van der Waals surface area contributed by atoms with Crippen LogP contribution in [0.1, 0.15) is 33.1 Å². The van der Waals surface area contributed by atoms with Gasteiger partial charge in [-0.2, -0.15) is 11.8 Å². The molecule has 0 aromatic carbocycles. The lowest BCUT2D eigenvalue weighted by molar-refractivity contribution is -0.139. The zero-order chi connectivity index (χ0) is 16.1. The molecule has 0 radical (unpaired) electrons. The molecule has 1 aliphatic rings. The summed E-state index contributed by atoms with van der Waals surface area (Å²) in [5.74, 6) is 0.418. The van der Waals surface area contributed by atoms with E-state index in [2.05, 4.69) is 4.72 Å². The summed E-state index contributed by atoms with van der Waals surface area (Å²) in [7, 11) is -3.43. The van der Waals surface area contributed by atoms with E-state index in [0.717, 1.165) is 6.42 Å². The van der Waals surface area contributed by atoms with Crippen LogP contribution >= 0.6 is 11.8 Å². The molecule has 2 unspecified atom stereocenters. The van der Waals surface area contributed by atoms with Gasteiger partial charge in [-0.05, 0) is 45.1 Å². The monoisotopic (exact) mass is 338 g/mol. The molecule has 1 amide bonds. The van der Waals surface area contributed by atoms with E-state index in [9.17, 15) is 18.3 Å². The van der Waals surface area contributed by atoms with Crippen LogP contribution in [0.25, 0.3) is 0 Å². The van der Waals surface area contributed by atoms with E-state index in [0.29, 0.717) is 25.1 Å². The number of piperidine rings is 1. The normalized spacial score (nSPS) is 24.9. The van der Waals surface area contributed by atoms with Crippen LogP contribution < -0.4 is 4.72 Å². The Labute approximate surface area is 131 Å². The summed E-state index contributed by atoms with van der Waals surface area (Å²) >= 11 is 1.57. The van der Waals surface area contributed by atoms with Crippen molar-refractivity contribution in [1.82, 2.24) is 9.62 Å². The van der Waals surface area contributed by atoms with Crippen molar-refractivity contribution >= 4 is 27.7 Å². The summed E-state index contributed by atoms with van der Waals surface area (Å²) in [5.41, 5.74) is -0.887. The molecule has 21 heavy (non-hydrogen) atoms. The number of amides is 1. The fourth-order valence-corrected chi connectivity index (χ4v) is 3.69. The summed E-state index contributed by atoms with van der Waals surface area (Å²) in [5, 5.41) is 10.1. The second kappa shape index (κ2) is 7.80. The van der Waals surface area contributed by atoms with Gasteiger partial charge < -0.3 is 10.0 Å². The molecule has 0 aliphatic carbocycles. The summed E-state index contributed by atoms with van der Waals surface area (Å²) in [4.78, 5) is 14.1. The van der Waals surface area contributed by atoms with Gasteiger partial charge in [-0.1, -0.05) is 0 Å². The van der Waals surface area contributed by atoms with Gasteiger partial charge in [0.2, 0.25) is 15.9 Å². The summed E-state index contributed by atoms with van der Waals surface area (Å²) in [6.45, 7) is 4.08. The van der Waals surface area contributed by atoms with E-state index in [1.807, 2.05) is 6.26 Å². The molecule has 0 aromatic heterocycles. The van der Waals surface area contributed by atoms with Gasteiger partial charge in [0.25, 0.3) is 0 Å². The quantitative estimate of drug-likeness (QED) is 0.703. The van der Waals surface area contributed by atoms with Gasteiger partial charge in [0.05, 0.1) is 11.4 Å². The maximum absolute atomic E-state index is 12.6. The molecule has 0 saturated carbocycles. The number of rotatable bonds is 7. The van der Waals surface area contributed by atoms with Crippen LogP contribution in [0.3, 0.4) is 0 Å². The van der Waals surface area contributed by atoms with Crippen LogP contribution in [0, 0.1) is 0 Å². The molecule has 0 spiro atoms. The highest BCUT2D eigenvalue weighted by atomic mass is 32.2. The molecule has 1 rings (SSSR count). The number of nitrogens with one attached hydrogen (secondary N) is 1. The lowest BCUT2D eigenvalue weighted by atomic mass is 9.94.